The Morgan fingerprint density at radius 1 is 0.727 bits per heavy atom. The van der Waals surface area contributed by atoms with Crippen LogP contribution < -0.4 is 0 Å². The molecule has 22 heavy (non-hydrogen) atoms. The molecule has 2 rings (SSSR count). The van der Waals surface area contributed by atoms with E-state index >= 15 is 0 Å². The van der Waals surface area contributed by atoms with Gasteiger partial charge in [0.1, 0.15) is 0 Å². The highest BCUT2D eigenvalue weighted by molar-refractivity contribution is 5.86. The summed E-state index contributed by atoms with van der Waals surface area (Å²) in [5, 5.41) is 21.9. The highest BCUT2D eigenvalue weighted by atomic mass is 16.6. The van der Waals surface area contributed by atoms with Crippen LogP contribution in [0.2, 0.25) is 0 Å². The maximum absolute atomic E-state index is 10.9. The van der Waals surface area contributed by atoms with Gasteiger partial charge < -0.3 is 0 Å². The van der Waals surface area contributed by atoms with E-state index in [1.54, 1.807) is 0 Å². The molecule has 8 nitrogen and oxygen atoms in total. The van der Waals surface area contributed by atoms with Crippen LogP contribution in [0.25, 0.3) is 11.1 Å². The lowest BCUT2D eigenvalue weighted by Gasteiger charge is -2.04. The standard InChI is InChI=1S/C14H8N2O6/c17-7-11-3-1-9(5-13(11)15(19)20)10-2-4-12(8-18)14(6-10)16(21)22/h1-8H. The molecular weight excluding hydrogens is 292 g/mol. The number of hydrogen-bond donors (Lipinski definition) is 0. The molecule has 110 valence electrons. The first-order chi connectivity index (χ1) is 10.5. The van der Waals surface area contributed by atoms with E-state index in [2.05, 4.69) is 0 Å². The van der Waals surface area contributed by atoms with Gasteiger partial charge in [-0.3, -0.25) is 29.8 Å². The Balaban J connectivity index is 2.62. The van der Waals surface area contributed by atoms with Gasteiger partial charge in [-0.25, -0.2) is 0 Å². The maximum atomic E-state index is 10.9. The van der Waals surface area contributed by atoms with Gasteiger partial charge in [0.2, 0.25) is 0 Å². The van der Waals surface area contributed by atoms with Crippen molar-refractivity contribution in [3.63, 3.8) is 0 Å². The predicted molar refractivity (Wildman–Crippen MR) is 76.0 cm³/mol. The fourth-order valence-electron chi connectivity index (χ4n) is 1.96. The maximum Gasteiger partial charge on any atom is 0.280 e. The second kappa shape index (κ2) is 5.92. The van der Waals surface area contributed by atoms with E-state index in [9.17, 15) is 29.8 Å². The summed E-state index contributed by atoms with van der Waals surface area (Å²) in [6.07, 6.45) is 0.722. The minimum Gasteiger partial charge on any atom is -0.298 e. The molecule has 2 aromatic carbocycles. The van der Waals surface area contributed by atoms with E-state index in [1.165, 1.54) is 24.3 Å². The normalized spacial score (nSPS) is 10.0. The number of hydrogen-bond acceptors (Lipinski definition) is 6. The average molecular weight is 300 g/mol. The summed E-state index contributed by atoms with van der Waals surface area (Å²) >= 11 is 0. The number of nitrogens with zero attached hydrogens (tertiary/aromatic N) is 2. The zero-order valence-corrected chi connectivity index (χ0v) is 11.0. The summed E-state index contributed by atoms with van der Waals surface area (Å²) < 4.78 is 0. The first-order valence-electron chi connectivity index (χ1n) is 5.95. The van der Waals surface area contributed by atoms with Crippen LogP contribution in [-0.2, 0) is 0 Å². The van der Waals surface area contributed by atoms with E-state index in [1.807, 2.05) is 0 Å². The van der Waals surface area contributed by atoms with Gasteiger partial charge in [0.25, 0.3) is 11.4 Å². The monoisotopic (exact) mass is 300 g/mol. The van der Waals surface area contributed by atoms with Gasteiger partial charge in [0.15, 0.2) is 12.6 Å². The zero-order chi connectivity index (χ0) is 16.3. The van der Waals surface area contributed by atoms with Crippen LogP contribution in [0, 0.1) is 20.2 Å². The molecule has 0 N–H and O–H groups in total. The second-order valence-corrected chi connectivity index (χ2v) is 4.30. The van der Waals surface area contributed by atoms with Gasteiger partial charge in [-0.05, 0) is 23.3 Å². The second-order valence-electron chi connectivity index (χ2n) is 4.30. The number of aldehydes is 2. The minimum absolute atomic E-state index is 0.0900. The van der Waals surface area contributed by atoms with E-state index in [-0.39, 0.29) is 11.1 Å². The van der Waals surface area contributed by atoms with Crippen LogP contribution in [0.4, 0.5) is 11.4 Å². The fourth-order valence-corrected chi connectivity index (χ4v) is 1.96. The number of nitro benzene ring substituents is 2. The van der Waals surface area contributed by atoms with Crippen LogP contribution in [0.5, 0.6) is 0 Å². The highest BCUT2D eigenvalue weighted by Gasteiger charge is 2.18. The lowest BCUT2D eigenvalue weighted by molar-refractivity contribution is -0.385. The molecule has 0 aliphatic rings. The third-order valence-electron chi connectivity index (χ3n) is 3.04. The molecule has 0 aliphatic heterocycles. The van der Waals surface area contributed by atoms with Gasteiger partial charge in [-0.15, -0.1) is 0 Å². The van der Waals surface area contributed by atoms with Crippen LogP contribution >= 0.6 is 0 Å². The molecule has 0 heterocycles. The Hall–Kier alpha value is -3.42. The van der Waals surface area contributed by atoms with Crippen LogP contribution in [0.1, 0.15) is 20.7 Å². The Kier molecular flexibility index (Phi) is 4.03. The third-order valence-corrected chi connectivity index (χ3v) is 3.04. The predicted octanol–water partition coefficient (Wildman–Crippen LogP) is 2.80. The summed E-state index contributed by atoms with van der Waals surface area (Å²) in [5.74, 6) is 0. The average Bonchev–Trinajstić information content (AvgIpc) is 2.53. The van der Waals surface area contributed by atoms with Crippen LogP contribution in [0.15, 0.2) is 36.4 Å². The summed E-state index contributed by atoms with van der Waals surface area (Å²) in [6, 6.07) is 7.72. The largest absolute Gasteiger partial charge is 0.298 e. The number of carbonyl (C=O) groups excluding carboxylic acids is 2. The first kappa shape index (κ1) is 15.0. The van der Waals surface area contributed by atoms with Crippen LogP contribution in [-0.4, -0.2) is 22.4 Å². The Morgan fingerprint density at radius 3 is 1.36 bits per heavy atom. The lowest BCUT2D eigenvalue weighted by atomic mass is 10.0. The molecule has 0 saturated carbocycles. The van der Waals surface area contributed by atoms with Crippen LogP contribution in [0.3, 0.4) is 0 Å². The number of rotatable bonds is 5. The first-order valence-corrected chi connectivity index (χ1v) is 5.95. The molecule has 8 heteroatoms. The molecule has 0 fully saturated rings. The molecule has 0 unspecified atom stereocenters. The van der Waals surface area contributed by atoms with E-state index in [4.69, 9.17) is 0 Å². The van der Waals surface area contributed by atoms with Crippen molar-refractivity contribution in [2.75, 3.05) is 0 Å². The lowest BCUT2D eigenvalue weighted by Crippen LogP contribution is -1.97. The molecule has 0 amide bonds. The molecule has 0 spiro atoms. The molecule has 0 radical (unpaired) electrons. The summed E-state index contributed by atoms with van der Waals surface area (Å²) in [7, 11) is 0. The number of benzene rings is 2. The van der Waals surface area contributed by atoms with E-state index in [0.29, 0.717) is 23.7 Å². The third kappa shape index (κ3) is 2.70. The zero-order valence-electron chi connectivity index (χ0n) is 11.0. The van der Waals surface area contributed by atoms with Crippen molar-refractivity contribution in [2.45, 2.75) is 0 Å². The topological polar surface area (TPSA) is 120 Å². The Morgan fingerprint density at radius 2 is 1.09 bits per heavy atom. The molecule has 2 aromatic rings. The molecule has 0 aromatic heterocycles. The SMILES string of the molecule is O=Cc1ccc(-c2ccc(C=O)c([N+](=O)[O-])c2)cc1[N+](=O)[O-]. The van der Waals surface area contributed by atoms with Crippen molar-refractivity contribution in [3.8, 4) is 11.1 Å². The molecule has 0 bridgehead atoms. The summed E-state index contributed by atoms with van der Waals surface area (Å²) in [6.45, 7) is 0. The van der Waals surface area contributed by atoms with Crippen molar-refractivity contribution in [2.24, 2.45) is 0 Å². The fraction of sp³-hybridized carbons (Fsp3) is 0. The highest BCUT2D eigenvalue weighted by Crippen LogP contribution is 2.30. The molecule has 0 atom stereocenters. The smallest absolute Gasteiger partial charge is 0.280 e. The van der Waals surface area contributed by atoms with Gasteiger partial charge in [-0.2, -0.15) is 0 Å². The number of nitro groups is 2. The molecule has 0 aliphatic carbocycles. The molecule has 0 saturated heterocycles. The summed E-state index contributed by atoms with van der Waals surface area (Å²) in [5.41, 5.74) is -0.305. The Labute approximate surface area is 123 Å². The van der Waals surface area contributed by atoms with Crippen molar-refractivity contribution in [1.82, 2.24) is 0 Å². The van der Waals surface area contributed by atoms with Crippen molar-refractivity contribution >= 4 is 23.9 Å². The van der Waals surface area contributed by atoms with Gasteiger partial charge >= 0.3 is 0 Å². The molecular formula is C14H8N2O6. The minimum atomic E-state index is -0.707. The van der Waals surface area contributed by atoms with E-state index in [0.717, 1.165) is 12.1 Å². The number of carbonyl (C=O) groups is 2. The quantitative estimate of drug-likeness (QED) is 0.475. The van der Waals surface area contributed by atoms with Gasteiger partial charge in [0, 0.05) is 12.1 Å². The Bertz CT molecular complexity index is 732. The van der Waals surface area contributed by atoms with E-state index < -0.39 is 21.2 Å². The van der Waals surface area contributed by atoms with Gasteiger partial charge in [-0.1, -0.05) is 12.1 Å². The van der Waals surface area contributed by atoms with Crippen molar-refractivity contribution in [1.29, 1.82) is 0 Å². The van der Waals surface area contributed by atoms with Gasteiger partial charge in [0.05, 0.1) is 21.0 Å². The summed E-state index contributed by atoms with van der Waals surface area (Å²) in [4.78, 5) is 42.0. The van der Waals surface area contributed by atoms with Crippen molar-refractivity contribution < 1.29 is 19.4 Å². The van der Waals surface area contributed by atoms with Crippen molar-refractivity contribution in [3.05, 3.63) is 67.8 Å².